The molecular weight excluding hydrogens is 261 g/mol. The second-order valence-electron chi connectivity index (χ2n) is 4.36. The van der Waals surface area contributed by atoms with Crippen LogP contribution in [0.5, 0.6) is 0 Å². The quantitative estimate of drug-likeness (QED) is 0.777. The Morgan fingerprint density at radius 1 is 1.25 bits per heavy atom. The number of aromatic nitrogens is 3. The minimum atomic E-state index is -0.658. The van der Waals surface area contributed by atoms with Gasteiger partial charge in [-0.25, -0.2) is 9.18 Å². The standard InChI is InChI=1S/C14H10FN3O2/c1-8-2-3-11(15)10(6-8)9-4-5-16-12(7-9)13-17-14(19)20-18-13/h2-7H,1H3,(H,17,18,19). The molecule has 1 aromatic carbocycles. The Kier molecular flexibility index (Phi) is 2.90. The molecule has 1 N–H and O–H groups in total. The summed E-state index contributed by atoms with van der Waals surface area (Å²) in [6.45, 7) is 1.89. The van der Waals surface area contributed by atoms with E-state index in [1.165, 1.54) is 12.3 Å². The van der Waals surface area contributed by atoms with Gasteiger partial charge in [0.15, 0.2) is 0 Å². The van der Waals surface area contributed by atoms with Gasteiger partial charge < -0.3 is 0 Å². The summed E-state index contributed by atoms with van der Waals surface area (Å²) >= 11 is 0. The minimum absolute atomic E-state index is 0.213. The van der Waals surface area contributed by atoms with Crippen molar-refractivity contribution in [1.29, 1.82) is 0 Å². The first kappa shape index (κ1) is 12.3. The normalized spacial score (nSPS) is 10.7. The van der Waals surface area contributed by atoms with Crippen LogP contribution in [0, 0.1) is 12.7 Å². The summed E-state index contributed by atoms with van der Waals surface area (Å²) in [5.41, 5.74) is 2.49. The van der Waals surface area contributed by atoms with Gasteiger partial charge in [-0.3, -0.25) is 14.5 Å². The topological polar surface area (TPSA) is 71.8 Å². The van der Waals surface area contributed by atoms with Crippen LogP contribution in [0.4, 0.5) is 4.39 Å². The molecule has 0 aliphatic rings. The number of nitrogens with one attached hydrogen (secondary N) is 1. The average Bonchev–Trinajstić information content (AvgIpc) is 2.88. The second kappa shape index (κ2) is 4.73. The van der Waals surface area contributed by atoms with Gasteiger partial charge in [0.05, 0.1) is 0 Å². The number of aromatic amines is 1. The Morgan fingerprint density at radius 2 is 2.10 bits per heavy atom. The number of hydrogen-bond acceptors (Lipinski definition) is 4. The lowest BCUT2D eigenvalue weighted by Crippen LogP contribution is -1.96. The summed E-state index contributed by atoms with van der Waals surface area (Å²) < 4.78 is 18.3. The highest BCUT2D eigenvalue weighted by Gasteiger charge is 2.10. The fraction of sp³-hybridized carbons (Fsp3) is 0.0714. The molecule has 3 rings (SSSR count). The van der Waals surface area contributed by atoms with Gasteiger partial charge in [-0.15, -0.1) is 0 Å². The number of aryl methyl sites for hydroxylation is 1. The van der Waals surface area contributed by atoms with Gasteiger partial charge in [0.25, 0.3) is 0 Å². The number of nitrogens with zero attached hydrogens (tertiary/aromatic N) is 2. The summed E-state index contributed by atoms with van der Waals surface area (Å²) in [5, 5.41) is 3.56. The van der Waals surface area contributed by atoms with Crippen molar-refractivity contribution in [2.24, 2.45) is 0 Å². The maximum Gasteiger partial charge on any atom is 0.439 e. The molecule has 6 heteroatoms. The number of benzene rings is 1. The maximum absolute atomic E-state index is 13.9. The number of rotatable bonds is 2. The van der Waals surface area contributed by atoms with Crippen molar-refractivity contribution in [3.05, 3.63) is 58.5 Å². The van der Waals surface area contributed by atoms with Crippen molar-refractivity contribution in [2.75, 3.05) is 0 Å². The maximum atomic E-state index is 13.9. The van der Waals surface area contributed by atoms with Crippen LogP contribution in [0.2, 0.25) is 0 Å². The van der Waals surface area contributed by atoms with Gasteiger partial charge in [0.2, 0.25) is 5.82 Å². The van der Waals surface area contributed by atoms with Gasteiger partial charge in [0.1, 0.15) is 11.5 Å². The van der Waals surface area contributed by atoms with Crippen LogP contribution >= 0.6 is 0 Å². The van der Waals surface area contributed by atoms with E-state index in [1.807, 2.05) is 6.92 Å². The minimum Gasteiger partial charge on any atom is -0.296 e. The van der Waals surface area contributed by atoms with E-state index in [0.29, 0.717) is 16.8 Å². The van der Waals surface area contributed by atoms with E-state index in [1.54, 1.807) is 24.3 Å². The predicted molar refractivity (Wildman–Crippen MR) is 70.5 cm³/mol. The van der Waals surface area contributed by atoms with Gasteiger partial charge in [0, 0.05) is 11.8 Å². The molecule has 0 amide bonds. The van der Waals surface area contributed by atoms with Crippen LogP contribution in [0.1, 0.15) is 5.56 Å². The highest BCUT2D eigenvalue weighted by Crippen LogP contribution is 2.25. The van der Waals surface area contributed by atoms with E-state index in [9.17, 15) is 9.18 Å². The number of halogens is 1. The number of H-pyrrole nitrogens is 1. The molecule has 0 saturated carbocycles. The lowest BCUT2D eigenvalue weighted by Gasteiger charge is -2.05. The molecule has 0 spiro atoms. The number of pyridine rings is 1. The zero-order valence-electron chi connectivity index (χ0n) is 10.6. The third-order valence-corrected chi connectivity index (χ3v) is 2.88. The van der Waals surface area contributed by atoms with E-state index in [4.69, 9.17) is 0 Å². The zero-order chi connectivity index (χ0) is 14.1. The zero-order valence-corrected chi connectivity index (χ0v) is 10.6. The van der Waals surface area contributed by atoms with Gasteiger partial charge in [-0.2, -0.15) is 0 Å². The molecule has 0 aliphatic heterocycles. The average molecular weight is 271 g/mol. The molecule has 5 nitrogen and oxygen atoms in total. The van der Waals surface area contributed by atoms with E-state index < -0.39 is 5.76 Å². The molecular formula is C14H10FN3O2. The van der Waals surface area contributed by atoms with Crippen molar-refractivity contribution in [2.45, 2.75) is 6.92 Å². The second-order valence-corrected chi connectivity index (χ2v) is 4.36. The smallest absolute Gasteiger partial charge is 0.296 e. The van der Waals surface area contributed by atoms with Crippen LogP contribution in [-0.2, 0) is 0 Å². The van der Waals surface area contributed by atoms with Gasteiger partial charge in [-0.1, -0.05) is 16.8 Å². The first-order valence-electron chi connectivity index (χ1n) is 5.92. The molecule has 0 saturated heterocycles. The Bertz CT molecular complexity index is 823. The summed E-state index contributed by atoms with van der Waals surface area (Å²) in [6, 6.07) is 8.21. The summed E-state index contributed by atoms with van der Waals surface area (Å²) in [4.78, 5) is 17.4. The molecule has 3 aromatic rings. The molecule has 0 fully saturated rings. The lowest BCUT2D eigenvalue weighted by molar-refractivity contribution is 0.388. The van der Waals surface area contributed by atoms with Gasteiger partial charge in [-0.05, 0) is 36.8 Å². The van der Waals surface area contributed by atoms with Gasteiger partial charge >= 0.3 is 5.76 Å². The molecule has 2 aromatic heterocycles. The molecule has 0 radical (unpaired) electrons. The van der Waals surface area contributed by atoms with E-state index >= 15 is 0 Å². The summed E-state index contributed by atoms with van der Waals surface area (Å²) in [7, 11) is 0. The fourth-order valence-corrected chi connectivity index (χ4v) is 1.93. The first-order valence-corrected chi connectivity index (χ1v) is 5.92. The molecule has 100 valence electrons. The third-order valence-electron chi connectivity index (χ3n) is 2.88. The Labute approximate surface area is 113 Å². The summed E-state index contributed by atoms with van der Waals surface area (Å²) in [6.07, 6.45) is 1.53. The van der Waals surface area contributed by atoms with Crippen LogP contribution in [0.15, 0.2) is 45.8 Å². The molecule has 2 heterocycles. The number of hydrogen-bond donors (Lipinski definition) is 1. The molecule has 0 aliphatic carbocycles. The van der Waals surface area contributed by atoms with Crippen molar-refractivity contribution in [3.8, 4) is 22.6 Å². The highest BCUT2D eigenvalue weighted by atomic mass is 19.1. The molecule has 20 heavy (non-hydrogen) atoms. The van der Waals surface area contributed by atoms with Crippen LogP contribution in [-0.4, -0.2) is 15.1 Å². The van der Waals surface area contributed by atoms with Crippen molar-refractivity contribution < 1.29 is 8.91 Å². The molecule has 0 atom stereocenters. The van der Waals surface area contributed by atoms with E-state index in [2.05, 4.69) is 19.6 Å². The monoisotopic (exact) mass is 271 g/mol. The van der Waals surface area contributed by atoms with Crippen LogP contribution < -0.4 is 5.76 Å². The first-order chi connectivity index (χ1) is 9.63. The lowest BCUT2D eigenvalue weighted by atomic mass is 10.0. The van der Waals surface area contributed by atoms with Crippen molar-refractivity contribution >= 4 is 0 Å². The van der Waals surface area contributed by atoms with Crippen molar-refractivity contribution in [3.63, 3.8) is 0 Å². The fourth-order valence-electron chi connectivity index (χ4n) is 1.93. The summed E-state index contributed by atoms with van der Waals surface area (Å²) in [5.74, 6) is -0.764. The highest BCUT2D eigenvalue weighted by molar-refractivity contribution is 5.68. The SMILES string of the molecule is Cc1ccc(F)c(-c2ccnc(-c3noc(=O)[nH]3)c2)c1. The van der Waals surface area contributed by atoms with Crippen molar-refractivity contribution in [1.82, 2.24) is 15.1 Å². The Balaban J connectivity index is 2.12. The van der Waals surface area contributed by atoms with Crippen LogP contribution in [0.3, 0.4) is 0 Å². The largest absolute Gasteiger partial charge is 0.439 e. The molecule has 0 unspecified atom stereocenters. The van der Waals surface area contributed by atoms with E-state index in [-0.39, 0.29) is 11.6 Å². The van der Waals surface area contributed by atoms with E-state index in [0.717, 1.165) is 5.56 Å². The Hall–Kier alpha value is -2.76. The Morgan fingerprint density at radius 3 is 2.85 bits per heavy atom. The molecule has 0 bridgehead atoms. The predicted octanol–water partition coefficient (Wildman–Crippen LogP) is 2.54. The third kappa shape index (κ3) is 2.23. The van der Waals surface area contributed by atoms with Crippen LogP contribution in [0.25, 0.3) is 22.6 Å².